The lowest BCUT2D eigenvalue weighted by Gasteiger charge is -2.30. The van der Waals surface area contributed by atoms with Crippen molar-refractivity contribution in [1.82, 2.24) is 14.2 Å². The topological polar surface area (TPSA) is 70.6 Å². The molecule has 1 aromatic heterocycles. The smallest absolute Gasteiger partial charge is 0.260 e. The van der Waals surface area contributed by atoms with Gasteiger partial charge < -0.3 is 4.90 Å². The molecule has 1 aliphatic heterocycles. The van der Waals surface area contributed by atoms with E-state index in [1.54, 1.807) is 17.0 Å². The highest BCUT2D eigenvalue weighted by Crippen LogP contribution is 2.21. The van der Waals surface area contributed by atoms with Gasteiger partial charge in [0.1, 0.15) is 6.04 Å². The van der Waals surface area contributed by atoms with Crippen molar-refractivity contribution in [3.05, 3.63) is 60.3 Å². The average molecular weight is 388 g/mol. The molecule has 1 aromatic carbocycles. The van der Waals surface area contributed by atoms with E-state index in [0.29, 0.717) is 25.9 Å². The van der Waals surface area contributed by atoms with Gasteiger partial charge in [0.2, 0.25) is 5.91 Å². The van der Waals surface area contributed by atoms with E-state index < -0.39 is 16.1 Å². The summed E-state index contributed by atoms with van der Waals surface area (Å²) in [5.74, 6) is -0.120. The number of nitrogens with zero attached hydrogens (tertiary/aromatic N) is 3. The van der Waals surface area contributed by atoms with E-state index in [1.165, 1.54) is 23.6 Å². The van der Waals surface area contributed by atoms with Crippen molar-refractivity contribution in [3.63, 3.8) is 0 Å². The van der Waals surface area contributed by atoms with Gasteiger partial charge in [0, 0.05) is 26.3 Å². The quantitative estimate of drug-likeness (QED) is 0.731. The Morgan fingerprint density at radius 3 is 2.41 bits per heavy atom. The van der Waals surface area contributed by atoms with Gasteiger partial charge in [-0.05, 0) is 43.4 Å². The highest BCUT2D eigenvalue weighted by Gasteiger charge is 2.36. The minimum absolute atomic E-state index is 0.0357. The van der Waals surface area contributed by atoms with Crippen molar-refractivity contribution in [1.29, 1.82) is 0 Å². The van der Waals surface area contributed by atoms with Crippen molar-refractivity contribution in [2.24, 2.45) is 0 Å². The first kappa shape index (κ1) is 19.5. The summed E-state index contributed by atoms with van der Waals surface area (Å²) in [4.78, 5) is 18.8. The van der Waals surface area contributed by atoms with E-state index in [4.69, 9.17) is 0 Å². The Hall–Kier alpha value is -2.25. The summed E-state index contributed by atoms with van der Waals surface area (Å²) in [6.45, 7) is 1.39. The molecule has 0 radical (unpaired) electrons. The molecule has 1 aliphatic rings. The summed E-state index contributed by atoms with van der Waals surface area (Å²) < 4.78 is 27.2. The first-order valence-electron chi connectivity index (χ1n) is 9.22. The van der Waals surface area contributed by atoms with Crippen LogP contribution in [0, 0.1) is 0 Å². The molecule has 0 spiro atoms. The fourth-order valence-corrected chi connectivity index (χ4v) is 4.64. The minimum atomic E-state index is -3.84. The Bertz CT molecular complexity index is 851. The van der Waals surface area contributed by atoms with Gasteiger partial charge in [-0.2, -0.15) is 4.31 Å². The summed E-state index contributed by atoms with van der Waals surface area (Å²) >= 11 is 0. The molecule has 1 amide bonds. The van der Waals surface area contributed by atoms with Crippen LogP contribution in [0.5, 0.6) is 0 Å². The number of hydrogen-bond donors (Lipinski definition) is 0. The molecule has 144 valence electrons. The van der Waals surface area contributed by atoms with Crippen LogP contribution < -0.4 is 0 Å². The van der Waals surface area contributed by atoms with Crippen LogP contribution in [-0.4, -0.2) is 54.7 Å². The summed E-state index contributed by atoms with van der Waals surface area (Å²) in [6, 6.07) is 13.8. The maximum Gasteiger partial charge on any atom is 0.260 e. The van der Waals surface area contributed by atoms with E-state index in [1.807, 2.05) is 30.3 Å². The van der Waals surface area contributed by atoms with E-state index in [2.05, 4.69) is 4.98 Å². The third-order valence-corrected chi connectivity index (χ3v) is 6.75. The van der Waals surface area contributed by atoms with E-state index in [0.717, 1.165) is 18.4 Å². The molecule has 3 rings (SSSR count). The summed E-state index contributed by atoms with van der Waals surface area (Å²) in [5.41, 5.74) is 1.08. The van der Waals surface area contributed by atoms with Gasteiger partial charge in [0.25, 0.3) is 10.0 Å². The fraction of sp³-hybridized carbons (Fsp3) is 0.400. The molecule has 1 saturated heterocycles. The summed E-state index contributed by atoms with van der Waals surface area (Å²) in [7, 11) is -2.36. The molecular formula is C20H25N3O3S. The second kappa shape index (κ2) is 8.63. The van der Waals surface area contributed by atoms with Gasteiger partial charge in [0.15, 0.2) is 5.03 Å². The van der Waals surface area contributed by atoms with E-state index in [-0.39, 0.29) is 10.9 Å². The van der Waals surface area contributed by atoms with Gasteiger partial charge in [-0.25, -0.2) is 13.4 Å². The molecule has 1 unspecified atom stereocenters. The number of sulfonamides is 1. The molecule has 2 aromatic rings. The van der Waals surface area contributed by atoms with Crippen molar-refractivity contribution >= 4 is 15.9 Å². The van der Waals surface area contributed by atoms with Crippen LogP contribution in [0.1, 0.15) is 24.8 Å². The lowest BCUT2D eigenvalue weighted by Crippen LogP contribution is -2.48. The molecule has 6 nitrogen and oxygen atoms in total. The number of amides is 1. The van der Waals surface area contributed by atoms with E-state index in [9.17, 15) is 13.2 Å². The molecule has 1 fully saturated rings. The minimum Gasteiger partial charge on any atom is -0.341 e. The average Bonchev–Trinajstić information content (AvgIpc) is 3.24. The number of hydrogen-bond acceptors (Lipinski definition) is 4. The van der Waals surface area contributed by atoms with Gasteiger partial charge >= 0.3 is 0 Å². The number of benzene rings is 1. The molecule has 0 bridgehead atoms. The Kier molecular flexibility index (Phi) is 6.23. The zero-order valence-electron chi connectivity index (χ0n) is 15.5. The number of pyridine rings is 1. The zero-order valence-corrected chi connectivity index (χ0v) is 16.3. The number of carbonyl (C=O) groups excluding carboxylic acids is 1. The third-order valence-electron chi connectivity index (χ3n) is 4.97. The van der Waals surface area contributed by atoms with Crippen LogP contribution in [0.2, 0.25) is 0 Å². The number of aryl methyl sites for hydroxylation is 1. The van der Waals surface area contributed by atoms with Crippen LogP contribution in [0.15, 0.2) is 59.8 Å². The third kappa shape index (κ3) is 4.54. The number of rotatable bonds is 7. The summed E-state index contributed by atoms with van der Waals surface area (Å²) in [5, 5.41) is -0.0357. The highest BCUT2D eigenvalue weighted by atomic mass is 32.2. The highest BCUT2D eigenvalue weighted by molar-refractivity contribution is 7.89. The SMILES string of the molecule is CN(C(CCc1ccccc1)C(=O)N1CCCC1)S(=O)(=O)c1ccccn1. The van der Waals surface area contributed by atoms with Crippen molar-refractivity contribution < 1.29 is 13.2 Å². The molecule has 7 heteroatoms. The predicted octanol–water partition coefficient (Wildman–Crippen LogP) is 2.33. The molecular weight excluding hydrogens is 362 g/mol. The molecule has 0 aliphatic carbocycles. The van der Waals surface area contributed by atoms with Crippen LogP contribution in [0.4, 0.5) is 0 Å². The Labute approximate surface area is 160 Å². The fourth-order valence-electron chi connectivity index (χ4n) is 3.37. The van der Waals surface area contributed by atoms with Crippen LogP contribution in [0.3, 0.4) is 0 Å². The second-order valence-electron chi connectivity index (χ2n) is 6.76. The van der Waals surface area contributed by atoms with Crippen LogP contribution in [0.25, 0.3) is 0 Å². The molecule has 27 heavy (non-hydrogen) atoms. The normalized spacial score (nSPS) is 15.9. The van der Waals surface area contributed by atoms with Crippen molar-refractivity contribution in [2.45, 2.75) is 36.8 Å². The van der Waals surface area contributed by atoms with E-state index >= 15 is 0 Å². The Balaban J connectivity index is 1.84. The lowest BCUT2D eigenvalue weighted by molar-refractivity contribution is -0.134. The predicted molar refractivity (Wildman–Crippen MR) is 104 cm³/mol. The maximum absolute atomic E-state index is 13.1. The van der Waals surface area contributed by atoms with Crippen LogP contribution in [-0.2, 0) is 21.2 Å². The summed E-state index contributed by atoms with van der Waals surface area (Å²) in [6.07, 6.45) is 4.44. The van der Waals surface area contributed by atoms with Gasteiger partial charge in [-0.15, -0.1) is 0 Å². The maximum atomic E-state index is 13.1. The first-order valence-corrected chi connectivity index (χ1v) is 10.7. The monoisotopic (exact) mass is 387 g/mol. The zero-order chi connectivity index (χ0) is 19.3. The molecule has 1 atom stereocenters. The Morgan fingerprint density at radius 1 is 1.11 bits per heavy atom. The second-order valence-corrected chi connectivity index (χ2v) is 8.71. The Morgan fingerprint density at radius 2 is 1.78 bits per heavy atom. The standard InChI is InChI=1S/C20H25N3O3S/c1-22(27(25,26)19-11-5-6-14-21-19)18(20(24)23-15-7-8-16-23)13-12-17-9-3-2-4-10-17/h2-6,9-11,14,18H,7-8,12-13,15-16H2,1H3. The van der Waals surface area contributed by atoms with Gasteiger partial charge in [0.05, 0.1) is 0 Å². The molecule has 2 heterocycles. The van der Waals surface area contributed by atoms with Gasteiger partial charge in [-0.1, -0.05) is 36.4 Å². The number of likely N-dealkylation sites (N-methyl/N-ethyl adjacent to an activating group) is 1. The van der Waals surface area contributed by atoms with Crippen molar-refractivity contribution in [2.75, 3.05) is 20.1 Å². The number of likely N-dealkylation sites (tertiary alicyclic amines) is 1. The lowest BCUT2D eigenvalue weighted by atomic mass is 10.0. The molecule has 0 N–H and O–H groups in total. The molecule has 0 saturated carbocycles. The largest absolute Gasteiger partial charge is 0.341 e. The van der Waals surface area contributed by atoms with Crippen LogP contribution >= 0.6 is 0 Å². The number of aromatic nitrogens is 1. The first-order chi connectivity index (χ1) is 13.0. The van der Waals surface area contributed by atoms with Gasteiger partial charge in [-0.3, -0.25) is 4.79 Å². The van der Waals surface area contributed by atoms with Crippen molar-refractivity contribution in [3.8, 4) is 0 Å². The number of carbonyl (C=O) groups is 1.